The zero-order valence-corrected chi connectivity index (χ0v) is 17.9. The molecule has 0 unspecified atom stereocenters. The van der Waals surface area contributed by atoms with Crippen molar-refractivity contribution in [3.8, 4) is 17.2 Å². The first-order valence-electron chi connectivity index (χ1n) is 10.1. The molecular weight excluding hydrogens is 384 g/mol. The molecule has 7 heteroatoms. The standard InChI is InChI=1S/C23H28N2O5/c1-5-28-19-12-11-16(15-20(19)29-6-2)24-21(26)13-14-25-17-9-7-8-10-18(17)30-23(3,4)22(25)27/h7-12,15H,5-6,13-14H2,1-4H3,(H,24,26). The fraction of sp³-hybridized carbons (Fsp3) is 0.391. The Labute approximate surface area is 176 Å². The van der Waals surface area contributed by atoms with Crippen LogP contribution in [-0.4, -0.2) is 37.2 Å². The molecule has 0 bridgehead atoms. The van der Waals surface area contributed by atoms with Crippen LogP contribution < -0.4 is 24.4 Å². The first-order chi connectivity index (χ1) is 14.4. The van der Waals surface area contributed by atoms with Gasteiger partial charge in [0, 0.05) is 24.7 Å². The lowest BCUT2D eigenvalue weighted by atomic mass is 10.0. The van der Waals surface area contributed by atoms with E-state index in [-0.39, 0.29) is 24.8 Å². The molecule has 3 rings (SSSR count). The highest BCUT2D eigenvalue weighted by Gasteiger charge is 2.40. The maximum atomic E-state index is 12.8. The molecular formula is C23H28N2O5. The molecule has 1 heterocycles. The van der Waals surface area contributed by atoms with Crippen molar-refractivity contribution in [1.82, 2.24) is 0 Å². The van der Waals surface area contributed by atoms with Gasteiger partial charge in [-0.3, -0.25) is 9.59 Å². The second kappa shape index (κ2) is 9.07. The highest BCUT2D eigenvalue weighted by Crippen LogP contribution is 2.37. The van der Waals surface area contributed by atoms with E-state index in [1.54, 1.807) is 36.9 Å². The van der Waals surface area contributed by atoms with E-state index >= 15 is 0 Å². The van der Waals surface area contributed by atoms with Crippen LogP contribution in [-0.2, 0) is 9.59 Å². The van der Waals surface area contributed by atoms with Crippen LogP contribution in [0.15, 0.2) is 42.5 Å². The molecule has 0 spiro atoms. The minimum Gasteiger partial charge on any atom is -0.490 e. The molecule has 0 fully saturated rings. The number of para-hydroxylation sites is 2. The lowest BCUT2D eigenvalue weighted by Gasteiger charge is -2.38. The number of carbonyl (C=O) groups is 2. The molecule has 1 aliphatic rings. The van der Waals surface area contributed by atoms with E-state index < -0.39 is 5.60 Å². The smallest absolute Gasteiger partial charge is 0.270 e. The van der Waals surface area contributed by atoms with Gasteiger partial charge in [0.05, 0.1) is 18.9 Å². The summed E-state index contributed by atoms with van der Waals surface area (Å²) in [7, 11) is 0. The number of rotatable bonds is 8. The van der Waals surface area contributed by atoms with Gasteiger partial charge in [-0.05, 0) is 52.0 Å². The highest BCUT2D eigenvalue weighted by atomic mass is 16.5. The first-order valence-corrected chi connectivity index (χ1v) is 10.1. The van der Waals surface area contributed by atoms with E-state index in [9.17, 15) is 9.59 Å². The summed E-state index contributed by atoms with van der Waals surface area (Å²) in [6.45, 7) is 8.52. The van der Waals surface area contributed by atoms with Gasteiger partial charge >= 0.3 is 0 Å². The number of hydrogen-bond acceptors (Lipinski definition) is 5. The summed E-state index contributed by atoms with van der Waals surface area (Å²) in [5.41, 5.74) is 0.307. The van der Waals surface area contributed by atoms with Crippen LogP contribution in [0.2, 0.25) is 0 Å². The number of carbonyl (C=O) groups excluding carboxylic acids is 2. The van der Waals surface area contributed by atoms with E-state index in [4.69, 9.17) is 14.2 Å². The van der Waals surface area contributed by atoms with E-state index in [2.05, 4.69) is 5.32 Å². The topological polar surface area (TPSA) is 77.1 Å². The molecule has 30 heavy (non-hydrogen) atoms. The minimum absolute atomic E-state index is 0.146. The molecule has 0 aliphatic carbocycles. The molecule has 1 N–H and O–H groups in total. The fourth-order valence-corrected chi connectivity index (χ4v) is 3.31. The highest BCUT2D eigenvalue weighted by molar-refractivity contribution is 6.03. The van der Waals surface area contributed by atoms with Crippen molar-refractivity contribution in [1.29, 1.82) is 0 Å². The summed E-state index contributed by atoms with van der Waals surface area (Å²) < 4.78 is 17.0. The van der Waals surface area contributed by atoms with Crippen molar-refractivity contribution in [3.63, 3.8) is 0 Å². The van der Waals surface area contributed by atoms with Gasteiger partial charge in [-0.2, -0.15) is 0 Å². The molecule has 0 saturated carbocycles. The van der Waals surface area contributed by atoms with Crippen LogP contribution in [0.4, 0.5) is 11.4 Å². The Kier molecular flexibility index (Phi) is 6.50. The summed E-state index contributed by atoms with van der Waals surface area (Å²) in [4.78, 5) is 27.0. The number of benzene rings is 2. The number of anilines is 2. The van der Waals surface area contributed by atoms with Crippen molar-refractivity contribution in [2.45, 2.75) is 39.7 Å². The van der Waals surface area contributed by atoms with Gasteiger partial charge in [-0.15, -0.1) is 0 Å². The average Bonchev–Trinajstić information content (AvgIpc) is 2.70. The van der Waals surface area contributed by atoms with Crippen molar-refractivity contribution < 1.29 is 23.8 Å². The van der Waals surface area contributed by atoms with Crippen LogP contribution in [0.3, 0.4) is 0 Å². The van der Waals surface area contributed by atoms with Crippen molar-refractivity contribution in [2.24, 2.45) is 0 Å². The quantitative estimate of drug-likeness (QED) is 0.709. The summed E-state index contributed by atoms with van der Waals surface area (Å²) in [5.74, 6) is 1.48. The molecule has 2 aromatic rings. The Bertz CT molecular complexity index is 926. The number of amides is 2. The zero-order valence-electron chi connectivity index (χ0n) is 17.9. The van der Waals surface area contributed by atoms with Crippen molar-refractivity contribution in [2.75, 3.05) is 30.0 Å². The molecule has 2 aromatic carbocycles. The summed E-state index contributed by atoms with van der Waals surface area (Å²) in [6.07, 6.45) is 0.146. The Morgan fingerprint density at radius 3 is 2.50 bits per heavy atom. The van der Waals surface area contributed by atoms with Gasteiger partial charge in [0.2, 0.25) is 5.91 Å². The van der Waals surface area contributed by atoms with Gasteiger partial charge in [0.25, 0.3) is 5.91 Å². The molecule has 0 saturated heterocycles. The van der Waals surface area contributed by atoms with Crippen molar-refractivity contribution in [3.05, 3.63) is 42.5 Å². The first kappa shape index (κ1) is 21.5. The third kappa shape index (κ3) is 4.67. The Balaban J connectivity index is 1.69. The summed E-state index contributed by atoms with van der Waals surface area (Å²) in [6, 6.07) is 12.6. The third-order valence-corrected chi connectivity index (χ3v) is 4.67. The van der Waals surface area contributed by atoms with E-state index in [1.807, 2.05) is 38.1 Å². The third-order valence-electron chi connectivity index (χ3n) is 4.67. The summed E-state index contributed by atoms with van der Waals surface area (Å²) >= 11 is 0. The molecule has 7 nitrogen and oxygen atoms in total. The van der Waals surface area contributed by atoms with Gasteiger partial charge in [-0.1, -0.05) is 12.1 Å². The SMILES string of the molecule is CCOc1ccc(NC(=O)CCN2C(=O)C(C)(C)Oc3ccccc32)cc1OCC. The maximum absolute atomic E-state index is 12.8. The summed E-state index contributed by atoms with van der Waals surface area (Å²) in [5, 5.41) is 2.87. The molecule has 0 atom stereocenters. The van der Waals surface area contributed by atoms with Gasteiger partial charge < -0.3 is 24.4 Å². The zero-order chi connectivity index (χ0) is 21.7. The van der Waals surface area contributed by atoms with Crippen molar-refractivity contribution >= 4 is 23.2 Å². The van der Waals surface area contributed by atoms with Gasteiger partial charge in [-0.25, -0.2) is 0 Å². The maximum Gasteiger partial charge on any atom is 0.270 e. The lowest BCUT2D eigenvalue weighted by Crippen LogP contribution is -2.53. The molecule has 160 valence electrons. The number of fused-ring (bicyclic) bond motifs is 1. The van der Waals surface area contributed by atoms with Crippen LogP contribution >= 0.6 is 0 Å². The Hall–Kier alpha value is -3.22. The van der Waals surface area contributed by atoms with E-state index in [0.29, 0.717) is 41.8 Å². The number of nitrogens with one attached hydrogen (secondary N) is 1. The van der Waals surface area contributed by atoms with Crippen LogP contribution in [0.1, 0.15) is 34.1 Å². The second-order valence-electron chi connectivity index (χ2n) is 7.36. The lowest BCUT2D eigenvalue weighted by molar-refractivity contribution is -0.132. The average molecular weight is 412 g/mol. The number of hydrogen-bond donors (Lipinski definition) is 1. The Morgan fingerprint density at radius 2 is 1.77 bits per heavy atom. The van der Waals surface area contributed by atoms with Gasteiger partial charge in [0.15, 0.2) is 17.1 Å². The predicted octanol–water partition coefficient (Wildman–Crippen LogP) is 4.02. The molecule has 0 radical (unpaired) electrons. The van der Waals surface area contributed by atoms with Crippen LogP contribution in [0.5, 0.6) is 17.2 Å². The monoisotopic (exact) mass is 412 g/mol. The fourth-order valence-electron chi connectivity index (χ4n) is 3.31. The van der Waals surface area contributed by atoms with Crippen LogP contribution in [0.25, 0.3) is 0 Å². The van der Waals surface area contributed by atoms with E-state index in [1.165, 1.54) is 0 Å². The largest absolute Gasteiger partial charge is 0.490 e. The molecule has 2 amide bonds. The van der Waals surface area contributed by atoms with Gasteiger partial charge in [0.1, 0.15) is 5.75 Å². The second-order valence-corrected chi connectivity index (χ2v) is 7.36. The minimum atomic E-state index is -0.980. The molecule has 0 aromatic heterocycles. The normalized spacial score (nSPS) is 14.5. The number of nitrogens with zero attached hydrogens (tertiary/aromatic N) is 1. The molecule has 1 aliphatic heterocycles. The van der Waals surface area contributed by atoms with Crippen LogP contribution in [0, 0.1) is 0 Å². The Morgan fingerprint density at radius 1 is 1.07 bits per heavy atom. The van der Waals surface area contributed by atoms with E-state index in [0.717, 1.165) is 0 Å². The predicted molar refractivity (Wildman–Crippen MR) is 116 cm³/mol. The number of ether oxygens (including phenoxy) is 3.